The molecule has 9 nitrogen and oxygen atoms in total. The molecule has 0 unspecified atom stereocenters. The van der Waals surface area contributed by atoms with Crippen molar-refractivity contribution in [2.45, 2.75) is 19.3 Å². The maximum atomic E-state index is 12.7. The maximum Gasteiger partial charge on any atom is 0.261 e. The fraction of sp³-hybridized carbons (Fsp3) is 0.346. The molecule has 0 bridgehead atoms. The third-order valence-corrected chi connectivity index (χ3v) is 6.51. The Kier molecular flexibility index (Phi) is 6.67. The molecule has 1 fully saturated rings. The van der Waals surface area contributed by atoms with E-state index >= 15 is 0 Å². The summed E-state index contributed by atoms with van der Waals surface area (Å²) in [5.41, 5.74) is 1.79. The fourth-order valence-electron chi connectivity index (χ4n) is 4.52. The van der Waals surface area contributed by atoms with E-state index in [4.69, 9.17) is 4.42 Å². The number of nitrogens with zero attached hydrogens (tertiary/aromatic N) is 5. The first-order valence-electron chi connectivity index (χ1n) is 11.9. The summed E-state index contributed by atoms with van der Waals surface area (Å²) in [6.45, 7) is 3.93. The highest BCUT2D eigenvalue weighted by Gasteiger charge is 2.34. The van der Waals surface area contributed by atoms with Crippen LogP contribution in [0.25, 0.3) is 11.5 Å². The molecular weight excluding hydrogens is 446 g/mol. The molecule has 0 radical (unpaired) electrons. The van der Waals surface area contributed by atoms with Gasteiger partial charge in [0.1, 0.15) is 0 Å². The molecule has 0 atom stereocenters. The van der Waals surface area contributed by atoms with E-state index in [0.717, 1.165) is 25.2 Å². The first-order chi connectivity index (χ1) is 17.1. The Morgan fingerprint density at radius 2 is 1.49 bits per heavy atom. The van der Waals surface area contributed by atoms with Crippen LogP contribution in [0.4, 0.5) is 0 Å². The van der Waals surface area contributed by atoms with Crippen LogP contribution in [0, 0.1) is 0 Å². The molecule has 3 heterocycles. The molecule has 0 aliphatic carbocycles. The lowest BCUT2D eigenvalue weighted by molar-refractivity contribution is -0.133. The number of aromatic nitrogens is 2. The summed E-state index contributed by atoms with van der Waals surface area (Å²) in [5, 5.41) is 8.28. The maximum absolute atomic E-state index is 12.7. The molecule has 3 aromatic rings. The summed E-state index contributed by atoms with van der Waals surface area (Å²) < 4.78 is 5.78. The van der Waals surface area contributed by atoms with Gasteiger partial charge in [-0.2, -0.15) is 0 Å². The minimum Gasteiger partial charge on any atom is -0.421 e. The zero-order valence-electron chi connectivity index (χ0n) is 19.4. The van der Waals surface area contributed by atoms with Gasteiger partial charge in [0.15, 0.2) is 0 Å². The van der Waals surface area contributed by atoms with E-state index in [9.17, 15) is 14.4 Å². The van der Waals surface area contributed by atoms with E-state index in [-0.39, 0.29) is 24.3 Å². The van der Waals surface area contributed by atoms with E-state index in [0.29, 0.717) is 55.3 Å². The van der Waals surface area contributed by atoms with Gasteiger partial charge in [0.25, 0.3) is 11.8 Å². The number of piperazine rings is 1. The summed E-state index contributed by atoms with van der Waals surface area (Å²) in [4.78, 5) is 43.0. The second-order valence-corrected chi connectivity index (χ2v) is 8.75. The van der Waals surface area contributed by atoms with Crippen LogP contribution in [0.1, 0.15) is 39.4 Å². The first-order valence-corrected chi connectivity index (χ1v) is 11.9. The Labute approximate surface area is 203 Å². The third-order valence-electron chi connectivity index (χ3n) is 6.51. The van der Waals surface area contributed by atoms with E-state index < -0.39 is 0 Å². The SMILES string of the molecule is O=C(CCCN1C(=O)c2ccccc2C1=O)N1CCN(CCc2nnc(-c3ccccc3)o2)CC1. The number of hydrogen-bond acceptors (Lipinski definition) is 7. The zero-order chi connectivity index (χ0) is 24.2. The minimum atomic E-state index is -0.274. The molecule has 0 spiro atoms. The smallest absolute Gasteiger partial charge is 0.261 e. The second-order valence-electron chi connectivity index (χ2n) is 8.75. The van der Waals surface area contributed by atoms with Crippen molar-refractivity contribution in [3.63, 3.8) is 0 Å². The summed E-state index contributed by atoms with van der Waals surface area (Å²) in [5.74, 6) is 0.644. The van der Waals surface area contributed by atoms with Crippen LogP contribution in [0.2, 0.25) is 0 Å². The fourth-order valence-corrected chi connectivity index (χ4v) is 4.52. The topological polar surface area (TPSA) is 99.9 Å². The van der Waals surface area contributed by atoms with Gasteiger partial charge in [0.2, 0.25) is 17.7 Å². The zero-order valence-corrected chi connectivity index (χ0v) is 19.4. The number of carbonyl (C=O) groups excluding carboxylic acids is 3. The molecule has 5 rings (SSSR count). The van der Waals surface area contributed by atoms with E-state index in [1.54, 1.807) is 24.3 Å². The highest BCUT2D eigenvalue weighted by Crippen LogP contribution is 2.23. The van der Waals surface area contributed by atoms with Gasteiger partial charge in [0, 0.05) is 57.7 Å². The van der Waals surface area contributed by atoms with E-state index in [1.807, 2.05) is 35.2 Å². The molecule has 35 heavy (non-hydrogen) atoms. The van der Waals surface area contributed by atoms with Crippen LogP contribution >= 0.6 is 0 Å². The summed E-state index contributed by atoms with van der Waals surface area (Å²) in [7, 11) is 0. The summed E-state index contributed by atoms with van der Waals surface area (Å²) in [6.07, 6.45) is 1.44. The van der Waals surface area contributed by atoms with Crippen LogP contribution in [0.15, 0.2) is 59.0 Å². The van der Waals surface area contributed by atoms with Crippen LogP contribution in [0.5, 0.6) is 0 Å². The average Bonchev–Trinajstić information content (AvgIpc) is 3.47. The quantitative estimate of drug-likeness (QED) is 0.464. The van der Waals surface area contributed by atoms with Crippen molar-refractivity contribution in [1.29, 1.82) is 0 Å². The lowest BCUT2D eigenvalue weighted by Gasteiger charge is -2.34. The Bertz CT molecular complexity index is 1180. The van der Waals surface area contributed by atoms with Crippen LogP contribution < -0.4 is 0 Å². The molecule has 0 N–H and O–H groups in total. The molecule has 2 aliphatic rings. The monoisotopic (exact) mass is 473 g/mol. The molecule has 2 aliphatic heterocycles. The van der Waals surface area contributed by atoms with Crippen LogP contribution in [-0.4, -0.2) is 81.9 Å². The number of benzene rings is 2. The van der Waals surface area contributed by atoms with Gasteiger partial charge in [-0.3, -0.25) is 24.2 Å². The predicted molar refractivity (Wildman–Crippen MR) is 128 cm³/mol. The van der Waals surface area contributed by atoms with Crippen molar-refractivity contribution in [2.24, 2.45) is 0 Å². The third kappa shape index (κ3) is 5.00. The second kappa shape index (κ2) is 10.2. The van der Waals surface area contributed by atoms with Crippen molar-refractivity contribution in [1.82, 2.24) is 24.9 Å². The average molecular weight is 474 g/mol. The molecule has 0 saturated carbocycles. The van der Waals surface area contributed by atoms with Gasteiger partial charge < -0.3 is 9.32 Å². The van der Waals surface area contributed by atoms with Gasteiger partial charge >= 0.3 is 0 Å². The summed E-state index contributed by atoms with van der Waals surface area (Å²) >= 11 is 0. The highest BCUT2D eigenvalue weighted by molar-refractivity contribution is 6.21. The number of hydrogen-bond donors (Lipinski definition) is 0. The molecule has 1 aromatic heterocycles. The van der Waals surface area contributed by atoms with Gasteiger partial charge in [-0.25, -0.2) is 0 Å². The molecular formula is C26H27N5O4. The number of amides is 3. The number of imide groups is 1. The van der Waals surface area contributed by atoms with Crippen molar-refractivity contribution < 1.29 is 18.8 Å². The Balaban J connectivity index is 1.03. The van der Waals surface area contributed by atoms with Crippen LogP contribution in [-0.2, 0) is 11.2 Å². The van der Waals surface area contributed by atoms with Crippen molar-refractivity contribution in [2.75, 3.05) is 39.3 Å². The minimum absolute atomic E-state index is 0.0608. The van der Waals surface area contributed by atoms with Crippen molar-refractivity contribution in [3.8, 4) is 11.5 Å². The van der Waals surface area contributed by atoms with Crippen LogP contribution in [0.3, 0.4) is 0 Å². The standard InChI is InChI=1S/C26H27N5O4/c32-23(11-6-13-31-25(33)20-9-4-5-10-21(20)26(31)34)30-17-15-29(16-18-30)14-12-22-27-28-24(35-22)19-7-2-1-3-8-19/h1-5,7-10H,6,11-18H2. The lowest BCUT2D eigenvalue weighted by Crippen LogP contribution is -2.49. The largest absolute Gasteiger partial charge is 0.421 e. The number of carbonyl (C=O) groups is 3. The Morgan fingerprint density at radius 3 is 2.17 bits per heavy atom. The normalized spacial score (nSPS) is 16.1. The Hall–Kier alpha value is -3.85. The molecule has 180 valence electrons. The van der Waals surface area contributed by atoms with E-state index in [1.165, 1.54) is 4.90 Å². The summed E-state index contributed by atoms with van der Waals surface area (Å²) in [6, 6.07) is 16.5. The van der Waals surface area contributed by atoms with Gasteiger partial charge in [-0.05, 0) is 30.7 Å². The Morgan fingerprint density at radius 1 is 0.829 bits per heavy atom. The molecule has 2 aromatic carbocycles. The molecule has 3 amide bonds. The van der Waals surface area contributed by atoms with Crippen molar-refractivity contribution in [3.05, 3.63) is 71.6 Å². The van der Waals surface area contributed by atoms with E-state index in [2.05, 4.69) is 15.1 Å². The lowest BCUT2D eigenvalue weighted by atomic mass is 10.1. The van der Waals surface area contributed by atoms with Gasteiger partial charge in [0.05, 0.1) is 11.1 Å². The van der Waals surface area contributed by atoms with Gasteiger partial charge in [-0.15, -0.1) is 10.2 Å². The van der Waals surface area contributed by atoms with Crippen molar-refractivity contribution >= 4 is 17.7 Å². The predicted octanol–water partition coefficient (Wildman–Crippen LogP) is 2.50. The molecule has 1 saturated heterocycles. The number of fused-ring (bicyclic) bond motifs is 1. The first kappa shape index (κ1) is 22.9. The molecule has 9 heteroatoms. The highest BCUT2D eigenvalue weighted by atomic mass is 16.4. The van der Waals surface area contributed by atoms with Gasteiger partial charge in [-0.1, -0.05) is 30.3 Å². The number of rotatable bonds is 8.